The molecule has 1 amide bonds. The van der Waals surface area contributed by atoms with Crippen molar-refractivity contribution in [2.45, 2.75) is 12.8 Å². The van der Waals surface area contributed by atoms with Gasteiger partial charge in [0.15, 0.2) is 0 Å². The predicted octanol–water partition coefficient (Wildman–Crippen LogP) is 5.13. The van der Waals surface area contributed by atoms with Crippen molar-refractivity contribution in [3.8, 4) is 17.6 Å². The first-order valence-corrected chi connectivity index (χ1v) is 9.51. The third-order valence-corrected chi connectivity index (χ3v) is 4.28. The number of benzene rings is 3. The molecule has 0 atom stereocenters. The summed E-state index contributed by atoms with van der Waals surface area (Å²) in [6, 6.07) is 28.8. The molecule has 0 aliphatic carbocycles. The van der Waals surface area contributed by atoms with Crippen molar-refractivity contribution in [1.29, 1.82) is 5.26 Å². The summed E-state index contributed by atoms with van der Waals surface area (Å²) in [5.41, 5.74) is 2.03. The summed E-state index contributed by atoms with van der Waals surface area (Å²) < 4.78 is 5.80. The number of rotatable bonds is 8. The Balaban J connectivity index is 1.58. The molecule has 4 nitrogen and oxygen atoms in total. The topological polar surface area (TPSA) is 62.1 Å². The van der Waals surface area contributed by atoms with Gasteiger partial charge in [-0.25, -0.2) is 0 Å². The highest BCUT2D eigenvalue weighted by molar-refractivity contribution is 6.01. The second-order valence-electron chi connectivity index (χ2n) is 6.50. The lowest BCUT2D eigenvalue weighted by atomic mass is 10.1. The lowest BCUT2D eigenvalue weighted by Crippen LogP contribution is -2.25. The molecule has 4 heteroatoms. The van der Waals surface area contributed by atoms with Gasteiger partial charge in [-0.3, -0.25) is 4.79 Å². The van der Waals surface area contributed by atoms with Crippen LogP contribution in [0.25, 0.3) is 6.08 Å². The fourth-order valence-electron chi connectivity index (χ4n) is 2.84. The molecule has 0 aromatic heterocycles. The molecule has 3 aromatic carbocycles. The maximum Gasteiger partial charge on any atom is 0.261 e. The number of nitrogens with one attached hydrogen (secondary N) is 1. The number of hydrogen-bond acceptors (Lipinski definition) is 3. The van der Waals surface area contributed by atoms with E-state index in [1.54, 1.807) is 12.1 Å². The monoisotopic (exact) mass is 382 g/mol. The van der Waals surface area contributed by atoms with E-state index in [1.165, 1.54) is 5.56 Å². The van der Waals surface area contributed by atoms with Gasteiger partial charge in [-0.2, -0.15) is 5.26 Å². The molecule has 29 heavy (non-hydrogen) atoms. The van der Waals surface area contributed by atoms with Crippen LogP contribution in [0.4, 0.5) is 0 Å². The number of carbonyl (C=O) groups excluding carboxylic acids is 1. The second-order valence-corrected chi connectivity index (χ2v) is 6.50. The Morgan fingerprint density at radius 2 is 1.62 bits per heavy atom. The molecular weight excluding hydrogens is 360 g/mol. The summed E-state index contributed by atoms with van der Waals surface area (Å²) in [6.07, 6.45) is 3.27. The standard InChI is InChI=1S/C25H22N2O2/c26-19-22(25(28)27-16-8-12-20-9-3-1-4-10-20)17-21-11-7-15-24(18-21)29-23-13-5-2-6-14-23/h1-7,9-11,13-15,17-18H,8,12,16H2,(H,27,28)/b22-17-. The fraction of sp³-hybridized carbons (Fsp3) is 0.120. The van der Waals surface area contributed by atoms with E-state index in [0.717, 1.165) is 24.2 Å². The van der Waals surface area contributed by atoms with E-state index in [2.05, 4.69) is 17.4 Å². The molecule has 3 rings (SSSR count). The molecule has 0 radical (unpaired) electrons. The highest BCUT2D eigenvalue weighted by Crippen LogP contribution is 2.22. The molecule has 0 aliphatic rings. The van der Waals surface area contributed by atoms with Gasteiger partial charge in [-0.1, -0.05) is 60.7 Å². The molecule has 144 valence electrons. The Labute approximate surface area is 171 Å². The van der Waals surface area contributed by atoms with Crippen LogP contribution in [0.15, 0.2) is 90.5 Å². The lowest BCUT2D eigenvalue weighted by Gasteiger charge is -2.07. The average molecular weight is 382 g/mol. The average Bonchev–Trinajstić information content (AvgIpc) is 2.76. The zero-order valence-electron chi connectivity index (χ0n) is 16.0. The smallest absolute Gasteiger partial charge is 0.261 e. The van der Waals surface area contributed by atoms with Crippen LogP contribution in [0.1, 0.15) is 17.5 Å². The fourth-order valence-corrected chi connectivity index (χ4v) is 2.84. The van der Waals surface area contributed by atoms with Crippen LogP contribution in [0.3, 0.4) is 0 Å². The van der Waals surface area contributed by atoms with Crippen LogP contribution in [-0.4, -0.2) is 12.5 Å². The van der Waals surface area contributed by atoms with Crippen LogP contribution in [-0.2, 0) is 11.2 Å². The van der Waals surface area contributed by atoms with Crippen molar-refractivity contribution >= 4 is 12.0 Å². The SMILES string of the molecule is N#C/C(=C/c1cccc(Oc2ccccc2)c1)C(=O)NCCCc1ccccc1. The Hall–Kier alpha value is -3.84. The van der Waals surface area contributed by atoms with Crippen LogP contribution >= 0.6 is 0 Å². The Morgan fingerprint density at radius 1 is 0.931 bits per heavy atom. The normalized spacial score (nSPS) is 10.8. The van der Waals surface area contributed by atoms with Gasteiger partial charge in [0.05, 0.1) is 0 Å². The van der Waals surface area contributed by atoms with E-state index < -0.39 is 0 Å². The van der Waals surface area contributed by atoms with E-state index in [1.807, 2.05) is 72.8 Å². The quantitative estimate of drug-likeness (QED) is 0.333. The van der Waals surface area contributed by atoms with E-state index >= 15 is 0 Å². The minimum atomic E-state index is -0.366. The van der Waals surface area contributed by atoms with Gasteiger partial charge in [-0.05, 0) is 54.3 Å². The summed E-state index contributed by atoms with van der Waals surface area (Å²) in [7, 11) is 0. The number of aryl methyl sites for hydroxylation is 1. The van der Waals surface area contributed by atoms with Gasteiger partial charge in [0, 0.05) is 6.54 Å². The Morgan fingerprint density at radius 3 is 2.34 bits per heavy atom. The summed E-state index contributed by atoms with van der Waals surface area (Å²) in [5.74, 6) is 1.01. The van der Waals surface area contributed by atoms with Crippen LogP contribution in [0.5, 0.6) is 11.5 Å². The molecule has 1 N–H and O–H groups in total. The van der Waals surface area contributed by atoms with Crippen molar-refractivity contribution < 1.29 is 9.53 Å². The van der Waals surface area contributed by atoms with Crippen LogP contribution in [0.2, 0.25) is 0 Å². The van der Waals surface area contributed by atoms with Crippen LogP contribution < -0.4 is 10.1 Å². The molecule has 0 spiro atoms. The summed E-state index contributed by atoms with van der Waals surface area (Å²) in [5, 5.41) is 12.2. The van der Waals surface area contributed by atoms with Crippen molar-refractivity contribution in [3.63, 3.8) is 0 Å². The first-order chi connectivity index (χ1) is 14.2. The van der Waals surface area contributed by atoms with Gasteiger partial charge in [0.25, 0.3) is 5.91 Å². The molecule has 0 saturated heterocycles. The Kier molecular flexibility index (Phi) is 7.20. The molecular formula is C25H22N2O2. The first kappa shape index (κ1) is 19.9. The van der Waals surface area contributed by atoms with Gasteiger partial charge in [0.2, 0.25) is 0 Å². The molecule has 0 heterocycles. The van der Waals surface area contributed by atoms with Gasteiger partial charge in [0.1, 0.15) is 23.1 Å². The van der Waals surface area contributed by atoms with Gasteiger partial charge >= 0.3 is 0 Å². The molecule has 0 unspecified atom stereocenters. The number of nitrogens with zero attached hydrogens (tertiary/aromatic N) is 1. The molecule has 0 aliphatic heterocycles. The third-order valence-electron chi connectivity index (χ3n) is 4.28. The molecule has 0 fully saturated rings. The van der Waals surface area contributed by atoms with Gasteiger partial charge in [-0.15, -0.1) is 0 Å². The van der Waals surface area contributed by atoms with Gasteiger partial charge < -0.3 is 10.1 Å². The number of carbonyl (C=O) groups is 1. The second kappa shape index (κ2) is 10.5. The summed E-state index contributed by atoms with van der Waals surface area (Å²) in [4.78, 5) is 12.3. The number of para-hydroxylation sites is 1. The van der Waals surface area contributed by atoms with E-state index in [-0.39, 0.29) is 11.5 Å². The summed E-state index contributed by atoms with van der Waals surface area (Å²) >= 11 is 0. The van der Waals surface area contributed by atoms with Crippen LogP contribution in [0, 0.1) is 11.3 Å². The van der Waals surface area contributed by atoms with Crippen molar-refractivity contribution in [3.05, 3.63) is 102 Å². The third kappa shape index (κ3) is 6.37. The van der Waals surface area contributed by atoms with Crippen molar-refractivity contribution in [2.24, 2.45) is 0 Å². The first-order valence-electron chi connectivity index (χ1n) is 9.51. The minimum Gasteiger partial charge on any atom is -0.457 e. The van der Waals surface area contributed by atoms with E-state index in [9.17, 15) is 10.1 Å². The lowest BCUT2D eigenvalue weighted by molar-refractivity contribution is -0.117. The number of amides is 1. The van der Waals surface area contributed by atoms with Crippen molar-refractivity contribution in [1.82, 2.24) is 5.32 Å². The number of ether oxygens (including phenoxy) is 1. The molecule has 0 bridgehead atoms. The minimum absolute atomic E-state index is 0.0709. The zero-order valence-corrected chi connectivity index (χ0v) is 16.0. The van der Waals surface area contributed by atoms with E-state index in [4.69, 9.17) is 4.74 Å². The Bertz CT molecular complexity index is 1010. The molecule has 0 saturated carbocycles. The highest BCUT2D eigenvalue weighted by Gasteiger charge is 2.09. The van der Waals surface area contributed by atoms with Crippen molar-refractivity contribution in [2.75, 3.05) is 6.54 Å². The number of hydrogen-bond donors (Lipinski definition) is 1. The largest absolute Gasteiger partial charge is 0.457 e. The number of nitriles is 1. The summed E-state index contributed by atoms with van der Waals surface area (Å²) in [6.45, 7) is 0.518. The maximum atomic E-state index is 12.3. The van der Waals surface area contributed by atoms with E-state index in [0.29, 0.717) is 12.3 Å². The highest BCUT2D eigenvalue weighted by atomic mass is 16.5. The molecule has 3 aromatic rings. The maximum absolute atomic E-state index is 12.3. The predicted molar refractivity (Wildman–Crippen MR) is 114 cm³/mol. The zero-order chi connectivity index (χ0) is 20.3.